The minimum atomic E-state index is -1.31. The van der Waals surface area contributed by atoms with Crippen molar-refractivity contribution in [3.05, 3.63) is 0 Å². The first-order chi connectivity index (χ1) is 7.95. The molecule has 1 saturated heterocycles. The van der Waals surface area contributed by atoms with Crippen LogP contribution in [0.5, 0.6) is 0 Å². The van der Waals surface area contributed by atoms with Crippen LogP contribution in [-0.4, -0.2) is 64.1 Å². The standard InChI is InChI=1S/C10H18N2O5/c1-6-2-3-12(4-8(6)14)10(17)11-7(5-13)9(15)16/h6-8,13-14H,2-5H2,1H3,(H,11,17)(H,15,16)/t6?,7-,8?/m0/s1. The summed E-state index contributed by atoms with van der Waals surface area (Å²) in [5, 5.41) is 29.3. The third kappa shape index (κ3) is 3.57. The molecular weight excluding hydrogens is 228 g/mol. The highest BCUT2D eigenvalue weighted by Gasteiger charge is 2.29. The maximum absolute atomic E-state index is 11.7. The summed E-state index contributed by atoms with van der Waals surface area (Å²) < 4.78 is 0. The van der Waals surface area contributed by atoms with Crippen molar-refractivity contribution in [2.45, 2.75) is 25.5 Å². The van der Waals surface area contributed by atoms with E-state index in [1.807, 2.05) is 6.92 Å². The molecule has 7 nitrogen and oxygen atoms in total. The minimum Gasteiger partial charge on any atom is -0.480 e. The van der Waals surface area contributed by atoms with E-state index in [0.29, 0.717) is 13.0 Å². The number of nitrogens with one attached hydrogen (secondary N) is 1. The van der Waals surface area contributed by atoms with Crippen molar-refractivity contribution in [2.75, 3.05) is 19.7 Å². The number of hydrogen-bond donors (Lipinski definition) is 4. The Labute approximate surface area is 99.0 Å². The van der Waals surface area contributed by atoms with Crippen LogP contribution >= 0.6 is 0 Å². The number of carboxylic acids is 1. The molecule has 0 radical (unpaired) electrons. The summed E-state index contributed by atoms with van der Waals surface area (Å²) in [4.78, 5) is 23.6. The normalized spacial score (nSPS) is 26.4. The van der Waals surface area contributed by atoms with Gasteiger partial charge in [0.25, 0.3) is 0 Å². The highest BCUT2D eigenvalue weighted by atomic mass is 16.4. The number of rotatable bonds is 3. The van der Waals surface area contributed by atoms with Gasteiger partial charge in [-0.2, -0.15) is 0 Å². The minimum absolute atomic E-state index is 0.132. The van der Waals surface area contributed by atoms with E-state index in [2.05, 4.69) is 5.32 Å². The number of carbonyl (C=O) groups is 2. The van der Waals surface area contributed by atoms with Crippen LogP contribution < -0.4 is 5.32 Å². The van der Waals surface area contributed by atoms with E-state index >= 15 is 0 Å². The Hall–Kier alpha value is -1.34. The number of hydrogen-bond acceptors (Lipinski definition) is 4. The van der Waals surface area contributed by atoms with Crippen molar-refractivity contribution in [3.63, 3.8) is 0 Å². The predicted molar refractivity (Wildman–Crippen MR) is 58.4 cm³/mol. The Morgan fingerprint density at radius 1 is 1.53 bits per heavy atom. The van der Waals surface area contributed by atoms with Gasteiger partial charge in [0.15, 0.2) is 6.04 Å². The molecule has 2 amide bonds. The second kappa shape index (κ2) is 5.83. The quantitative estimate of drug-likeness (QED) is 0.502. The largest absolute Gasteiger partial charge is 0.480 e. The number of β-amino-alcohol motifs (C(OH)–C–C–N with tert-alkyl or cyclic N) is 1. The molecule has 0 saturated carbocycles. The van der Waals surface area contributed by atoms with E-state index in [1.54, 1.807) is 0 Å². The van der Waals surface area contributed by atoms with Crippen molar-refractivity contribution in [2.24, 2.45) is 5.92 Å². The van der Waals surface area contributed by atoms with Crippen LogP contribution in [0.2, 0.25) is 0 Å². The van der Waals surface area contributed by atoms with Crippen molar-refractivity contribution in [3.8, 4) is 0 Å². The summed E-state index contributed by atoms with van der Waals surface area (Å²) >= 11 is 0. The molecular formula is C10H18N2O5. The molecule has 1 rings (SSSR count). The fourth-order valence-electron chi connectivity index (χ4n) is 1.66. The average Bonchev–Trinajstić information content (AvgIpc) is 2.28. The molecule has 0 aromatic heterocycles. The number of aliphatic carboxylic acids is 1. The van der Waals surface area contributed by atoms with Gasteiger partial charge in [0, 0.05) is 13.1 Å². The van der Waals surface area contributed by atoms with Gasteiger partial charge in [-0.1, -0.05) is 6.92 Å². The van der Waals surface area contributed by atoms with Gasteiger partial charge in [0.2, 0.25) is 0 Å². The monoisotopic (exact) mass is 246 g/mol. The molecule has 98 valence electrons. The number of carbonyl (C=O) groups excluding carboxylic acids is 1. The molecule has 1 fully saturated rings. The molecule has 3 atom stereocenters. The fraction of sp³-hybridized carbons (Fsp3) is 0.800. The van der Waals surface area contributed by atoms with Gasteiger partial charge in [0.05, 0.1) is 12.7 Å². The summed E-state index contributed by atoms with van der Waals surface area (Å²) in [7, 11) is 0. The number of urea groups is 1. The Balaban J connectivity index is 2.50. The Kier molecular flexibility index (Phi) is 4.71. The molecule has 1 aliphatic heterocycles. The number of aliphatic hydroxyl groups is 2. The molecule has 0 bridgehead atoms. The molecule has 1 heterocycles. The first-order valence-corrected chi connectivity index (χ1v) is 5.53. The number of piperidine rings is 1. The zero-order valence-electron chi connectivity index (χ0n) is 9.67. The number of amides is 2. The second-order valence-corrected chi connectivity index (χ2v) is 4.30. The van der Waals surface area contributed by atoms with E-state index in [1.165, 1.54) is 4.90 Å². The summed E-state index contributed by atoms with van der Waals surface area (Å²) in [6.07, 6.45) is 0.0812. The van der Waals surface area contributed by atoms with Crippen LogP contribution in [0.4, 0.5) is 4.79 Å². The summed E-state index contributed by atoms with van der Waals surface area (Å²) in [5.41, 5.74) is 0. The number of likely N-dealkylation sites (tertiary alicyclic amines) is 1. The van der Waals surface area contributed by atoms with Gasteiger partial charge < -0.3 is 25.5 Å². The Morgan fingerprint density at radius 3 is 2.65 bits per heavy atom. The third-order valence-corrected chi connectivity index (χ3v) is 2.98. The lowest BCUT2D eigenvalue weighted by Crippen LogP contribution is -2.54. The fourth-order valence-corrected chi connectivity index (χ4v) is 1.66. The van der Waals surface area contributed by atoms with Gasteiger partial charge in [-0.25, -0.2) is 9.59 Å². The molecule has 0 aromatic carbocycles. The van der Waals surface area contributed by atoms with E-state index in [-0.39, 0.29) is 12.5 Å². The van der Waals surface area contributed by atoms with Crippen LogP contribution in [0, 0.1) is 5.92 Å². The molecule has 1 aliphatic rings. The summed E-state index contributed by atoms with van der Waals surface area (Å²) in [6, 6.07) is -1.88. The number of carboxylic acid groups (broad SMARTS) is 1. The lowest BCUT2D eigenvalue weighted by molar-refractivity contribution is -0.140. The van der Waals surface area contributed by atoms with Crippen molar-refractivity contribution < 1.29 is 24.9 Å². The van der Waals surface area contributed by atoms with Gasteiger partial charge in [0.1, 0.15) is 0 Å². The first-order valence-electron chi connectivity index (χ1n) is 5.53. The Morgan fingerprint density at radius 2 is 2.18 bits per heavy atom. The van der Waals surface area contributed by atoms with Gasteiger partial charge in [-0.3, -0.25) is 0 Å². The van der Waals surface area contributed by atoms with Gasteiger partial charge >= 0.3 is 12.0 Å². The van der Waals surface area contributed by atoms with Crippen molar-refractivity contribution in [1.82, 2.24) is 10.2 Å². The SMILES string of the molecule is CC1CCN(C(=O)N[C@@H](CO)C(=O)O)CC1O. The third-order valence-electron chi connectivity index (χ3n) is 2.98. The van der Waals surface area contributed by atoms with Gasteiger partial charge in [-0.15, -0.1) is 0 Å². The highest BCUT2D eigenvalue weighted by Crippen LogP contribution is 2.16. The molecule has 2 unspecified atom stereocenters. The molecule has 4 N–H and O–H groups in total. The molecule has 0 aromatic rings. The average molecular weight is 246 g/mol. The summed E-state index contributed by atoms with van der Waals surface area (Å²) in [6.45, 7) is 1.90. The second-order valence-electron chi connectivity index (χ2n) is 4.30. The molecule has 0 spiro atoms. The topological polar surface area (TPSA) is 110 Å². The van der Waals surface area contributed by atoms with Crippen molar-refractivity contribution in [1.29, 1.82) is 0 Å². The van der Waals surface area contributed by atoms with Crippen LogP contribution in [0.3, 0.4) is 0 Å². The van der Waals surface area contributed by atoms with Crippen LogP contribution in [0.15, 0.2) is 0 Å². The van der Waals surface area contributed by atoms with Crippen LogP contribution in [0.25, 0.3) is 0 Å². The highest BCUT2D eigenvalue weighted by molar-refractivity contribution is 5.82. The summed E-state index contributed by atoms with van der Waals surface area (Å²) in [5.74, 6) is -1.15. The van der Waals surface area contributed by atoms with Gasteiger partial charge in [-0.05, 0) is 12.3 Å². The van der Waals surface area contributed by atoms with E-state index in [0.717, 1.165) is 0 Å². The van der Waals surface area contributed by atoms with Crippen LogP contribution in [0.1, 0.15) is 13.3 Å². The maximum Gasteiger partial charge on any atom is 0.328 e. The smallest absolute Gasteiger partial charge is 0.328 e. The zero-order valence-corrected chi connectivity index (χ0v) is 9.67. The number of nitrogens with zero attached hydrogens (tertiary/aromatic N) is 1. The first kappa shape index (κ1) is 13.7. The molecule has 7 heteroatoms. The zero-order chi connectivity index (χ0) is 13.0. The van der Waals surface area contributed by atoms with Crippen LogP contribution in [-0.2, 0) is 4.79 Å². The lowest BCUT2D eigenvalue weighted by atomic mass is 9.96. The lowest BCUT2D eigenvalue weighted by Gasteiger charge is -2.34. The maximum atomic E-state index is 11.7. The Bertz CT molecular complexity index is 296. The van der Waals surface area contributed by atoms with Crippen molar-refractivity contribution >= 4 is 12.0 Å². The molecule has 17 heavy (non-hydrogen) atoms. The van der Waals surface area contributed by atoms with E-state index in [9.17, 15) is 14.7 Å². The van der Waals surface area contributed by atoms with E-state index < -0.39 is 30.8 Å². The predicted octanol–water partition coefficient (Wildman–Crippen LogP) is -1.16. The van der Waals surface area contributed by atoms with E-state index in [4.69, 9.17) is 10.2 Å². The molecule has 0 aliphatic carbocycles. The number of aliphatic hydroxyl groups excluding tert-OH is 2.